The van der Waals surface area contributed by atoms with Crippen LogP contribution in [0.15, 0.2) is 30.5 Å². The first kappa shape index (κ1) is 16.9. The number of aromatic nitrogens is 1. The summed E-state index contributed by atoms with van der Waals surface area (Å²) in [6.07, 6.45) is 1.08. The molecule has 0 saturated carbocycles. The Morgan fingerprint density at radius 3 is 2.55 bits per heavy atom. The third-order valence-electron chi connectivity index (χ3n) is 3.50. The number of carbonyl (C=O) groups is 1. The van der Waals surface area contributed by atoms with Gasteiger partial charge in [-0.1, -0.05) is 43.1 Å². The first-order chi connectivity index (χ1) is 10.3. The largest absolute Gasteiger partial charge is 0.388 e. The van der Waals surface area contributed by atoms with Crippen LogP contribution in [0.5, 0.6) is 0 Å². The SMILES string of the molecule is CC(C)C(O)c1cc(C(N)=O)n(Cc2ccc(Cl)cc2Cl)c1. The summed E-state index contributed by atoms with van der Waals surface area (Å²) in [7, 11) is 0. The highest BCUT2D eigenvalue weighted by Crippen LogP contribution is 2.26. The lowest BCUT2D eigenvalue weighted by atomic mass is 10.0. The summed E-state index contributed by atoms with van der Waals surface area (Å²) in [5, 5.41) is 11.2. The highest BCUT2D eigenvalue weighted by molar-refractivity contribution is 6.35. The number of rotatable bonds is 5. The molecule has 1 heterocycles. The summed E-state index contributed by atoms with van der Waals surface area (Å²) in [5.74, 6) is -0.511. The predicted octanol–water partition coefficient (Wildman–Crippen LogP) is 3.63. The van der Waals surface area contributed by atoms with E-state index in [1.807, 2.05) is 13.8 Å². The maximum Gasteiger partial charge on any atom is 0.265 e. The molecule has 0 radical (unpaired) electrons. The van der Waals surface area contributed by atoms with Crippen molar-refractivity contribution in [3.63, 3.8) is 0 Å². The molecule has 1 unspecified atom stereocenters. The van der Waals surface area contributed by atoms with Crippen molar-refractivity contribution in [1.29, 1.82) is 0 Å². The first-order valence-corrected chi connectivity index (χ1v) is 7.67. The first-order valence-electron chi connectivity index (χ1n) is 6.91. The fourth-order valence-electron chi connectivity index (χ4n) is 2.25. The van der Waals surface area contributed by atoms with E-state index in [9.17, 15) is 9.90 Å². The molecule has 0 aliphatic heterocycles. The molecule has 0 fully saturated rings. The van der Waals surface area contributed by atoms with Crippen LogP contribution in [0.25, 0.3) is 0 Å². The molecule has 0 aliphatic carbocycles. The third kappa shape index (κ3) is 3.64. The average molecular weight is 341 g/mol. The highest BCUT2D eigenvalue weighted by Gasteiger charge is 2.19. The number of hydrogen-bond acceptors (Lipinski definition) is 2. The van der Waals surface area contributed by atoms with E-state index in [1.165, 1.54) is 0 Å². The quantitative estimate of drug-likeness (QED) is 0.872. The standard InChI is InChI=1S/C16H18Cl2N2O2/c1-9(2)15(21)11-5-14(16(19)22)20(8-11)7-10-3-4-12(17)6-13(10)18/h3-6,8-9,15,21H,7H2,1-2H3,(H2,19,22). The second-order valence-corrected chi connectivity index (χ2v) is 6.42. The van der Waals surface area contributed by atoms with Gasteiger partial charge in [-0.3, -0.25) is 4.79 Å². The van der Waals surface area contributed by atoms with Gasteiger partial charge >= 0.3 is 0 Å². The molecule has 118 valence electrons. The number of nitrogens with zero attached hydrogens (tertiary/aromatic N) is 1. The molecule has 3 N–H and O–H groups in total. The van der Waals surface area contributed by atoms with Gasteiger partial charge in [0.2, 0.25) is 0 Å². The molecule has 0 spiro atoms. The lowest BCUT2D eigenvalue weighted by Crippen LogP contribution is -2.17. The van der Waals surface area contributed by atoms with Crippen LogP contribution in [0.1, 0.15) is 41.6 Å². The summed E-state index contributed by atoms with van der Waals surface area (Å²) >= 11 is 12.1. The normalized spacial score (nSPS) is 12.6. The summed E-state index contributed by atoms with van der Waals surface area (Å²) in [5.41, 5.74) is 7.23. The molecule has 4 nitrogen and oxygen atoms in total. The molecular formula is C16H18Cl2N2O2. The summed E-state index contributed by atoms with van der Waals surface area (Å²) in [6.45, 7) is 4.18. The van der Waals surface area contributed by atoms with Crippen LogP contribution in [0.3, 0.4) is 0 Å². The van der Waals surface area contributed by atoms with Gasteiger partial charge < -0.3 is 15.4 Å². The zero-order valence-electron chi connectivity index (χ0n) is 12.4. The topological polar surface area (TPSA) is 68.2 Å². The minimum atomic E-state index is -0.653. The van der Waals surface area contributed by atoms with Crippen LogP contribution in [0, 0.1) is 5.92 Å². The van der Waals surface area contributed by atoms with Gasteiger partial charge in [-0.25, -0.2) is 0 Å². The van der Waals surface area contributed by atoms with Gasteiger partial charge in [0.25, 0.3) is 5.91 Å². The van der Waals surface area contributed by atoms with Crippen molar-refractivity contribution < 1.29 is 9.90 Å². The van der Waals surface area contributed by atoms with Gasteiger partial charge in [0.1, 0.15) is 5.69 Å². The minimum Gasteiger partial charge on any atom is -0.388 e. The second-order valence-electron chi connectivity index (χ2n) is 5.58. The number of halogens is 2. The van der Waals surface area contributed by atoms with Gasteiger partial charge in [-0.2, -0.15) is 0 Å². The van der Waals surface area contributed by atoms with Crippen molar-refractivity contribution in [3.8, 4) is 0 Å². The molecule has 0 bridgehead atoms. The minimum absolute atomic E-state index is 0.0377. The van der Waals surface area contributed by atoms with Crippen LogP contribution < -0.4 is 5.73 Å². The number of nitrogens with two attached hydrogens (primary N) is 1. The van der Waals surface area contributed by atoms with E-state index in [1.54, 1.807) is 35.0 Å². The van der Waals surface area contributed by atoms with E-state index in [4.69, 9.17) is 28.9 Å². The lowest BCUT2D eigenvalue weighted by Gasteiger charge is -2.12. The molecule has 6 heteroatoms. The Morgan fingerprint density at radius 1 is 1.32 bits per heavy atom. The lowest BCUT2D eigenvalue weighted by molar-refractivity contribution is 0.0992. The Kier molecular flexibility index (Phi) is 5.16. The molecule has 0 saturated heterocycles. The Balaban J connectivity index is 2.39. The predicted molar refractivity (Wildman–Crippen MR) is 88.3 cm³/mol. The van der Waals surface area contributed by atoms with Crippen LogP contribution >= 0.6 is 23.2 Å². The average Bonchev–Trinajstić information content (AvgIpc) is 2.85. The fourth-order valence-corrected chi connectivity index (χ4v) is 2.72. The van der Waals surface area contributed by atoms with Gasteiger partial charge in [-0.05, 0) is 35.2 Å². The molecule has 1 atom stereocenters. The van der Waals surface area contributed by atoms with Crippen molar-refractivity contribution in [1.82, 2.24) is 4.57 Å². The van der Waals surface area contributed by atoms with E-state index >= 15 is 0 Å². The number of carbonyl (C=O) groups excluding carboxylic acids is 1. The Morgan fingerprint density at radius 2 is 2.00 bits per heavy atom. The molecule has 22 heavy (non-hydrogen) atoms. The molecule has 2 rings (SSSR count). The van der Waals surface area contributed by atoms with E-state index in [-0.39, 0.29) is 5.92 Å². The second kappa shape index (κ2) is 6.73. The monoisotopic (exact) mass is 340 g/mol. The van der Waals surface area contributed by atoms with Crippen molar-refractivity contribution in [3.05, 3.63) is 57.3 Å². The molecule has 1 amide bonds. The fraction of sp³-hybridized carbons (Fsp3) is 0.312. The number of benzene rings is 1. The summed E-state index contributed by atoms with van der Waals surface area (Å²) in [4.78, 5) is 11.6. The number of aliphatic hydroxyl groups excluding tert-OH is 1. The Hall–Kier alpha value is -1.49. The Bertz CT molecular complexity index is 695. The van der Waals surface area contributed by atoms with Crippen molar-refractivity contribution in [2.75, 3.05) is 0 Å². The Labute approximate surface area is 139 Å². The smallest absolute Gasteiger partial charge is 0.265 e. The molecule has 1 aromatic heterocycles. The van der Waals surface area contributed by atoms with Gasteiger partial charge in [0.05, 0.1) is 6.10 Å². The summed E-state index contributed by atoms with van der Waals surface area (Å²) < 4.78 is 1.69. The third-order valence-corrected chi connectivity index (χ3v) is 4.09. The highest BCUT2D eigenvalue weighted by atomic mass is 35.5. The van der Waals surface area contributed by atoms with Gasteiger partial charge in [0.15, 0.2) is 0 Å². The number of amides is 1. The van der Waals surface area contributed by atoms with Crippen LogP contribution in [0.2, 0.25) is 10.0 Å². The number of hydrogen-bond donors (Lipinski definition) is 2. The van der Waals surface area contributed by atoms with Gasteiger partial charge in [-0.15, -0.1) is 0 Å². The van der Waals surface area contributed by atoms with Crippen LogP contribution in [-0.2, 0) is 6.54 Å². The molecule has 1 aromatic carbocycles. The van der Waals surface area contributed by atoms with E-state index < -0.39 is 12.0 Å². The molecule has 2 aromatic rings. The molecular weight excluding hydrogens is 323 g/mol. The number of aliphatic hydroxyl groups is 1. The zero-order chi connectivity index (χ0) is 16.4. The number of primary amides is 1. The van der Waals surface area contributed by atoms with Crippen molar-refractivity contribution in [2.24, 2.45) is 11.7 Å². The van der Waals surface area contributed by atoms with Crippen molar-refractivity contribution >= 4 is 29.1 Å². The maximum absolute atomic E-state index is 11.6. The summed E-state index contributed by atoms with van der Waals surface area (Å²) in [6, 6.07) is 6.81. The van der Waals surface area contributed by atoms with Gasteiger partial charge in [0, 0.05) is 22.8 Å². The van der Waals surface area contributed by atoms with Crippen LogP contribution in [0.4, 0.5) is 0 Å². The van der Waals surface area contributed by atoms with E-state index in [2.05, 4.69) is 0 Å². The van der Waals surface area contributed by atoms with E-state index in [0.29, 0.717) is 27.8 Å². The molecule has 0 aliphatic rings. The zero-order valence-corrected chi connectivity index (χ0v) is 13.9. The maximum atomic E-state index is 11.6. The van der Waals surface area contributed by atoms with Crippen LogP contribution in [-0.4, -0.2) is 15.6 Å². The van der Waals surface area contributed by atoms with Crippen molar-refractivity contribution in [2.45, 2.75) is 26.5 Å². The van der Waals surface area contributed by atoms with E-state index in [0.717, 1.165) is 5.56 Å².